The number of carbonyl (C=O) groups excluding carboxylic acids is 5. The molecule has 1 fully saturated rings. The molecule has 1 aliphatic heterocycles. The van der Waals surface area contributed by atoms with Crippen molar-refractivity contribution in [2.75, 3.05) is 19.3 Å². The predicted octanol–water partition coefficient (Wildman–Crippen LogP) is 3.95. The molecule has 266 valence electrons. The van der Waals surface area contributed by atoms with Gasteiger partial charge in [-0.2, -0.15) is 0 Å². The number of hydrogen-bond donors (Lipinski definition) is 4. The third-order valence-corrected chi connectivity index (χ3v) is 9.12. The Labute approximate surface area is 289 Å². The molecule has 0 radical (unpaired) electrons. The number of nitrogens with zero attached hydrogens (tertiary/aromatic N) is 2. The molecule has 0 bridgehead atoms. The first-order valence-electron chi connectivity index (χ1n) is 17.0. The fourth-order valence-corrected chi connectivity index (χ4v) is 6.25. The minimum atomic E-state index is -1.05. The summed E-state index contributed by atoms with van der Waals surface area (Å²) in [6.07, 6.45) is 2.14. The lowest BCUT2D eigenvalue weighted by Crippen LogP contribution is -2.60. The molecule has 5 amide bonds. The zero-order valence-corrected chi connectivity index (χ0v) is 30.0. The maximum atomic E-state index is 14.5. The molecular formula is C37H52N6O6. The molecule has 0 unspecified atom stereocenters. The molecule has 5 atom stereocenters. The number of fused-ring (bicyclic) bond motifs is 1. The summed E-state index contributed by atoms with van der Waals surface area (Å²) in [5.74, 6) is -1.68. The fraction of sp³-hybridized carbons (Fsp3) is 0.541. The van der Waals surface area contributed by atoms with Gasteiger partial charge in [0.25, 0.3) is 5.91 Å². The van der Waals surface area contributed by atoms with Gasteiger partial charge in [-0.15, -0.1) is 0 Å². The molecule has 0 spiro atoms. The Kier molecular flexibility index (Phi) is 11.3. The van der Waals surface area contributed by atoms with Crippen LogP contribution in [0.15, 0.2) is 48.5 Å². The van der Waals surface area contributed by atoms with Gasteiger partial charge in [0, 0.05) is 30.9 Å². The monoisotopic (exact) mass is 676 g/mol. The van der Waals surface area contributed by atoms with Gasteiger partial charge in [-0.05, 0) is 94.2 Å². The fourth-order valence-electron chi connectivity index (χ4n) is 6.25. The van der Waals surface area contributed by atoms with Gasteiger partial charge in [0.2, 0.25) is 17.7 Å². The van der Waals surface area contributed by atoms with Crippen molar-refractivity contribution in [3.63, 3.8) is 0 Å². The lowest BCUT2D eigenvalue weighted by atomic mass is 9.85. The van der Waals surface area contributed by atoms with E-state index in [2.05, 4.69) is 22.0 Å². The van der Waals surface area contributed by atoms with E-state index in [9.17, 15) is 24.0 Å². The second kappa shape index (κ2) is 14.9. The number of nitrogen functional groups attached to an aromatic ring is 1. The standard InChI is InChI=1S/C37H52N6O6/c1-22(42(8)35(48)49-37(5,6)7)31(44)41-30(36(2,3)4)34(47)43-21-26(39-32(45)24-16-18-25(38)19-17-24)20-29(43)33(46)40-28-15-11-13-23-12-9-10-14-27(23)28/h9-10,12,14,16-19,22,26,28-30H,11,13,15,20-21,38H2,1-8H3,(H,39,45)(H,40,46)(H,41,44)/t22-,26-,28+,29-,30+/m0/s1. The van der Waals surface area contributed by atoms with Gasteiger partial charge in [-0.25, -0.2) is 4.79 Å². The highest BCUT2D eigenvalue weighted by Gasteiger charge is 2.46. The zero-order chi connectivity index (χ0) is 36.3. The Morgan fingerprint density at radius 1 is 0.959 bits per heavy atom. The van der Waals surface area contributed by atoms with Gasteiger partial charge >= 0.3 is 6.09 Å². The molecule has 12 nitrogen and oxygen atoms in total. The van der Waals surface area contributed by atoms with Crippen LogP contribution in [-0.2, 0) is 25.5 Å². The Morgan fingerprint density at radius 2 is 1.61 bits per heavy atom. The molecule has 49 heavy (non-hydrogen) atoms. The number of likely N-dealkylation sites (tertiary alicyclic amines) is 1. The van der Waals surface area contributed by atoms with E-state index in [4.69, 9.17) is 10.5 Å². The molecule has 4 rings (SSSR count). The molecule has 1 aliphatic carbocycles. The molecule has 1 heterocycles. The zero-order valence-electron chi connectivity index (χ0n) is 30.0. The van der Waals surface area contributed by atoms with E-state index in [0.717, 1.165) is 24.8 Å². The van der Waals surface area contributed by atoms with Crippen LogP contribution in [0, 0.1) is 5.41 Å². The number of likely N-dealkylation sites (N-methyl/N-ethyl adjacent to an activating group) is 1. The van der Waals surface area contributed by atoms with Gasteiger partial charge in [-0.3, -0.25) is 24.1 Å². The molecule has 2 aromatic rings. The van der Waals surface area contributed by atoms with Crippen LogP contribution in [0.5, 0.6) is 0 Å². The van der Waals surface area contributed by atoms with Crippen molar-refractivity contribution < 1.29 is 28.7 Å². The summed E-state index contributed by atoms with van der Waals surface area (Å²) >= 11 is 0. The van der Waals surface area contributed by atoms with E-state index in [1.807, 2.05) is 39.0 Å². The van der Waals surface area contributed by atoms with Crippen molar-refractivity contribution in [2.24, 2.45) is 5.41 Å². The highest BCUT2D eigenvalue weighted by atomic mass is 16.6. The van der Waals surface area contributed by atoms with Gasteiger partial charge in [0.15, 0.2) is 0 Å². The Balaban J connectivity index is 1.58. The maximum absolute atomic E-state index is 14.5. The van der Waals surface area contributed by atoms with Crippen molar-refractivity contribution >= 4 is 35.4 Å². The summed E-state index contributed by atoms with van der Waals surface area (Å²) in [5, 5.41) is 9.04. The molecule has 5 N–H and O–H groups in total. The minimum absolute atomic E-state index is 0.0642. The SMILES string of the molecule is C[C@@H](C(=O)N[C@H](C(=O)N1C[C@@H](NC(=O)c2ccc(N)cc2)C[C@H]1C(=O)N[C@@H]1CCCc2ccccc21)C(C)(C)C)N(C)C(=O)OC(C)(C)C. The van der Waals surface area contributed by atoms with Crippen molar-refractivity contribution in [1.82, 2.24) is 25.8 Å². The van der Waals surface area contributed by atoms with E-state index < -0.39 is 53.1 Å². The number of carbonyl (C=O) groups is 5. The molecule has 0 saturated carbocycles. The normalized spacial score (nSPS) is 20.3. The van der Waals surface area contributed by atoms with E-state index >= 15 is 0 Å². The van der Waals surface area contributed by atoms with E-state index in [1.54, 1.807) is 52.0 Å². The number of anilines is 1. The molecule has 12 heteroatoms. The van der Waals surface area contributed by atoms with Crippen LogP contribution in [-0.4, -0.2) is 82.9 Å². The van der Waals surface area contributed by atoms with Crippen molar-refractivity contribution in [2.45, 2.75) is 110 Å². The Bertz CT molecular complexity index is 1550. The number of benzene rings is 2. The second-order valence-electron chi connectivity index (χ2n) is 15.3. The van der Waals surface area contributed by atoms with Crippen molar-refractivity contribution in [3.05, 3.63) is 65.2 Å². The number of amides is 5. The first-order valence-corrected chi connectivity index (χ1v) is 17.0. The van der Waals surface area contributed by atoms with Gasteiger partial charge in [0.05, 0.1) is 6.04 Å². The molecule has 2 aliphatic rings. The van der Waals surface area contributed by atoms with Crippen LogP contribution in [0.3, 0.4) is 0 Å². The van der Waals surface area contributed by atoms with Crippen LogP contribution in [0.25, 0.3) is 0 Å². The largest absolute Gasteiger partial charge is 0.444 e. The summed E-state index contributed by atoms with van der Waals surface area (Å²) in [7, 11) is 1.46. The smallest absolute Gasteiger partial charge is 0.410 e. The minimum Gasteiger partial charge on any atom is -0.444 e. The van der Waals surface area contributed by atoms with Crippen LogP contribution in [0.1, 0.15) is 95.3 Å². The third-order valence-electron chi connectivity index (χ3n) is 9.12. The summed E-state index contributed by atoms with van der Waals surface area (Å²) in [4.78, 5) is 70.6. The van der Waals surface area contributed by atoms with Crippen molar-refractivity contribution in [3.8, 4) is 0 Å². The van der Waals surface area contributed by atoms with Crippen LogP contribution < -0.4 is 21.7 Å². The van der Waals surface area contributed by atoms with E-state index in [-0.39, 0.29) is 30.8 Å². The number of nitrogens with one attached hydrogen (secondary N) is 3. The quantitative estimate of drug-likeness (QED) is 0.308. The summed E-state index contributed by atoms with van der Waals surface area (Å²) in [6, 6.07) is 10.9. The number of nitrogens with two attached hydrogens (primary N) is 1. The van der Waals surface area contributed by atoms with Crippen molar-refractivity contribution in [1.29, 1.82) is 0 Å². The van der Waals surface area contributed by atoms with Gasteiger partial charge in [0.1, 0.15) is 23.7 Å². The predicted molar refractivity (Wildman–Crippen MR) is 187 cm³/mol. The Hall–Kier alpha value is -4.61. The number of rotatable bonds is 8. The first-order chi connectivity index (χ1) is 22.9. The summed E-state index contributed by atoms with van der Waals surface area (Å²) in [5.41, 5.74) is 7.45. The number of aryl methyl sites for hydroxylation is 1. The molecular weight excluding hydrogens is 624 g/mol. The lowest BCUT2D eigenvalue weighted by Gasteiger charge is -2.37. The highest BCUT2D eigenvalue weighted by molar-refractivity contribution is 5.96. The maximum Gasteiger partial charge on any atom is 0.410 e. The lowest BCUT2D eigenvalue weighted by molar-refractivity contribution is -0.144. The second-order valence-corrected chi connectivity index (χ2v) is 15.3. The average Bonchev–Trinajstić information content (AvgIpc) is 3.45. The highest BCUT2D eigenvalue weighted by Crippen LogP contribution is 2.31. The number of hydrogen-bond acceptors (Lipinski definition) is 7. The van der Waals surface area contributed by atoms with E-state index in [1.165, 1.54) is 22.4 Å². The number of ether oxygens (including phenoxy) is 1. The van der Waals surface area contributed by atoms with Crippen LogP contribution in [0.4, 0.5) is 10.5 Å². The van der Waals surface area contributed by atoms with Crippen LogP contribution in [0.2, 0.25) is 0 Å². The third kappa shape index (κ3) is 9.30. The molecule has 2 aromatic carbocycles. The summed E-state index contributed by atoms with van der Waals surface area (Å²) < 4.78 is 5.42. The summed E-state index contributed by atoms with van der Waals surface area (Å²) in [6.45, 7) is 12.3. The molecule has 1 saturated heterocycles. The van der Waals surface area contributed by atoms with Crippen LogP contribution >= 0.6 is 0 Å². The molecule has 0 aromatic heterocycles. The van der Waals surface area contributed by atoms with Gasteiger partial charge < -0.3 is 31.3 Å². The Morgan fingerprint density at radius 3 is 2.24 bits per heavy atom. The topological polar surface area (TPSA) is 163 Å². The van der Waals surface area contributed by atoms with E-state index in [0.29, 0.717) is 11.3 Å². The average molecular weight is 677 g/mol. The van der Waals surface area contributed by atoms with Gasteiger partial charge in [-0.1, -0.05) is 45.0 Å². The first kappa shape index (κ1) is 37.2.